The Balaban J connectivity index is 1.79. The molecule has 4 rings (SSSR count). The molecule has 1 fully saturated rings. The number of fused-ring (bicyclic) bond motifs is 2. The molecule has 5 heteroatoms. The number of piperazine rings is 1. The maximum Gasteiger partial charge on any atom is 0.256 e. The number of rotatable bonds is 1. The van der Waals surface area contributed by atoms with Crippen molar-refractivity contribution in [2.75, 3.05) is 25.0 Å². The third-order valence-electron chi connectivity index (χ3n) is 4.42. The molecule has 1 atom stereocenters. The second kappa shape index (κ2) is 5.52. The zero-order valence-electron chi connectivity index (χ0n) is 12.6. The van der Waals surface area contributed by atoms with Gasteiger partial charge in [-0.15, -0.1) is 0 Å². The molecule has 2 aliphatic rings. The van der Waals surface area contributed by atoms with Crippen LogP contribution in [0.4, 0.5) is 5.69 Å². The molecule has 0 saturated carbocycles. The summed E-state index contributed by atoms with van der Waals surface area (Å²) in [4.78, 5) is 26.9. The Kier molecular flexibility index (Phi) is 3.35. The van der Waals surface area contributed by atoms with Gasteiger partial charge in [0.05, 0.1) is 11.3 Å². The van der Waals surface area contributed by atoms with Crippen molar-refractivity contribution in [3.63, 3.8) is 0 Å². The summed E-state index contributed by atoms with van der Waals surface area (Å²) in [6.07, 6.45) is 0. The molecule has 116 valence electrons. The Morgan fingerprint density at radius 1 is 1.00 bits per heavy atom. The van der Waals surface area contributed by atoms with E-state index in [-0.39, 0.29) is 11.8 Å². The van der Waals surface area contributed by atoms with Crippen LogP contribution in [0.3, 0.4) is 0 Å². The zero-order chi connectivity index (χ0) is 15.8. The fourth-order valence-electron chi connectivity index (χ4n) is 3.19. The van der Waals surface area contributed by atoms with Crippen molar-refractivity contribution in [3.05, 3.63) is 54.1 Å². The van der Waals surface area contributed by atoms with Crippen LogP contribution in [0.1, 0.15) is 10.4 Å². The summed E-state index contributed by atoms with van der Waals surface area (Å²) in [6.45, 7) is 1.76. The van der Waals surface area contributed by atoms with E-state index in [0.29, 0.717) is 30.9 Å². The first kappa shape index (κ1) is 14.0. The van der Waals surface area contributed by atoms with Gasteiger partial charge in [-0.2, -0.15) is 0 Å². The first-order valence-corrected chi connectivity index (χ1v) is 7.76. The van der Waals surface area contributed by atoms with Gasteiger partial charge in [0.2, 0.25) is 5.91 Å². The second-order valence-electron chi connectivity index (χ2n) is 5.83. The first-order chi connectivity index (χ1) is 11.2. The normalized spacial score (nSPS) is 20.3. The molecule has 2 heterocycles. The van der Waals surface area contributed by atoms with Crippen LogP contribution in [-0.2, 0) is 4.79 Å². The van der Waals surface area contributed by atoms with Gasteiger partial charge in [0.1, 0.15) is 6.04 Å². The summed E-state index contributed by atoms with van der Waals surface area (Å²) >= 11 is 0. The van der Waals surface area contributed by atoms with Gasteiger partial charge in [-0.1, -0.05) is 36.4 Å². The summed E-state index contributed by atoms with van der Waals surface area (Å²) in [6, 6.07) is 15.1. The zero-order valence-corrected chi connectivity index (χ0v) is 12.6. The predicted octanol–water partition coefficient (Wildman–Crippen LogP) is 1.72. The molecular formula is C18H17N3O2. The molecule has 0 unspecified atom stereocenters. The van der Waals surface area contributed by atoms with Gasteiger partial charge in [-0.3, -0.25) is 9.59 Å². The van der Waals surface area contributed by atoms with E-state index < -0.39 is 6.04 Å². The SMILES string of the molecule is O=C1Nc2ccc(-c3ccccc3)cc2C(=O)N2CCNC[C@@H]12. The lowest BCUT2D eigenvalue weighted by Crippen LogP contribution is -2.57. The summed E-state index contributed by atoms with van der Waals surface area (Å²) in [5, 5.41) is 6.06. The number of nitrogens with zero attached hydrogens (tertiary/aromatic N) is 1. The van der Waals surface area contributed by atoms with Crippen LogP contribution in [0.15, 0.2) is 48.5 Å². The van der Waals surface area contributed by atoms with Crippen molar-refractivity contribution in [3.8, 4) is 11.1 Å². The fraction of sp³-hybridized carbons (Fsp3) is 0.222. The number of hydrogen-bond donors (Lipinski definition) is 2. The summed E-state index contributed by atoms with van der Waals surface area (Å²) in [5.74, 6) is -0.209. The van der Waals surface area contributed by atoms with E-state index in [9.17, 15) is 9.59 Å². The topological polar surface area (TPSA) is 61.4 Å². The van der Waals surface area contributed by atoms with Gasteiger partial charge < -0.3 is 15.5 Å². The van der Waals surface area contributed by atoms with E-state index in [1.807, 2.05) is 48.5 Å². The fourth-order valence-corrected chi connectivity index (χ4v) is 3.19. The lowest BCUT2D eigenvalue weighted by atomic mass is 10.0. The van der Waals surface area contributed by atoms with E-state index in [2.05, 4.69) is 10.6 Å². The average Bonchev–Trinajstić information content (AvgIpc) is 2.71. The van der Waals surface area contributed by atoms with Gasteiger partial charge in [0, 0.05) is 19.6 Å². The minimum absolute atomic E-state index is 0.0809. The van der Waals surface area contributed by atoms with Crippen LogP contribution in [0.25, 0.3) is 11.1 Å². The summed E-state index contributed by atoms with van der Waals surface area (Å²) < 4.78 is 0. The molecule has 1 saturated heterocycles. The molecular weight excluding hydrogens is 290 g/mol. The monoisotopic (exact) mass is 307 g/mol. The first-order valence-electron chi connectivity index (χ1n) is 7.76. The van der Waals surface area contributed by atoms with Gasteiger partial charge in [0.25, 0.3) is 5.91 Å². The average molecular weight is 307 g/mol. The lowest BCUT2D eigenvalue weighted by Gasteiger charge is -2.33. The predicted molar refractivity (Wildman–Crippen MR) is 88.2 cm³/mol. The number of anilines is 1. The van der Waals surface area contributed by atoms with Crippen molar-refractivity contribution in [2.45, 2.75) is 6.04 Å². The van der Waals surface area contributed by atoms with Crippen molar-refractivity contribution in [2.24, 2.45) is 0 Å². The number of benzene rings is 2. The van der Waals surface area contributed by atoms with Crippen LogP contribution < -0.4 is 10.6 Å². The summed E-state index contributed by atoms with van der Waals surface area (Å²) in [7, 11) is 0. The Morgan fingerprint density at radius 2 is 1.83 bits per heavy atom. The molecule has 2 N–H and O–H groups in total. The molecule has 0 aromatic heterocycles. The Hall–Kier alpha value is -2.66. The van der Waals surface area contributed by atoms with Crippen LogP contribution in [0, 0.1) is 0 Å². The van der Waals surface area contributed by atoms with Crippen molar-refractivity contribution in [1.82, 2.24) is 10.2 Å². The Bertz CT molecular complexity index is 773. The molecule has 0 radical (unpaired) electrons. The number of hydrogen-bond acceptors (Lipinski definition) is 3. The minimum Gasteiger partial charge on any atom is -0.324 e. The maximum absolute atomic E-state index is 12.9. The second-order valence-corrected chi connectivity index (χ2v) is 5.83. The molecule has 2 aromatic carbocycles. The van der Waals surface area contributed by atoms with E-state index in [0.717, 1.165) is 11.1 Å². The van der Waals surface area contributed by atoms with Crippen LogP contribution in [0.5, 0.6) is 0 Å². The van der Waals surface area contributed by atoms with E-state index >= 15 is 0 Å². The lowest BCUT2D eigenvalue weighted by molar-refractivity contribution is -0.120. The van der Waals surface area contributed by atoms with Gasteiger partial charge in [-0.05, 0) is 23.3 Å². The van der Waals surface area contributed by atoms with Crippen molar-refractivity contribution < 1.29 is 9.59 Å². The molecule has 2 amide bonds. The molecule has 0 aliphatic carbocycles. The molecule has 0 spiro atoms. The van der Waals surface area contributed by atoms with Gasteiger partial charge in [-0.25, -0.2) is 0 Å². The largest absolute Gasteiger partial charge is 0.324 e. The van der Waals surface area contributed by atoms with E-state index in [1.54, 1.807) is 4.90 Å². The third kappa shape index (κ3) is 2.39. The highest BCUT2D eigenvalue weighted by atomic mass is 16.2. The van der Waals surface area contributed by atoms with Gasteiger partial charge in [0.15, 0.2) is 0 Å². The number of nitrogens with one attached hydrogen (secondary N) is 2. The smallest absolute Gasteiger partial charge is 0.256 e. The highest BCUT2D eigenvalue weighted by Crippen LogP contribution is 2.29. The summed E-state index contributed by atoms with van der Waals surface area (Å²) in [5.41, 5.74) is 3.18. The minimum atomic E-state index is -0.441. The highest BCUT2D eigenvalue weighted by Gasteiger charge is 2.36. The molecule has 0 bridgehead atoms. The van der Waals surface area contributed by atoms with E-state index in [1.165, 1.54) is 0 Å². The Morgan fingerprint density at radius 3 is 2.65 bits per heavy atom. The van der Waals surface area contributed by atoms with E-state index in [4.69, 9.17) is 0 Å². The highest BCUT2D eigenvalue weighted by molar-refractivity contribution is 6.10. The maximum atomic E-state index is 12.9. The molecule has 5 nitrogen and oxygen atoms in total. The van der Waals surface area contributed by atoms with Crippen molar-refractivity contribution in [1.29, 1.82) is 0 Å². The number of amides is 2. The van der Waals surface area contributed by atoms with Crippen LogP contribution in [-0.4, -0.2) is 42.4 Å². The molecule has 23 heavy (non-hydrogen) atoms. The van der Waals surface area contributed by atoms with Crippen molar-refractivity contribution >= 4 is 17.5 Å². The Labute approximate surface area is 134 Å². The van der Waals surface area contributed by atoms with Crippen LogP contribution in [0.2, 0.25) is 0 Å². The standard InChI is InChI=1S/C18H17N3O2/c22-17-16-11-19-8-9-21(16)18(23)14-10-13(6-7-15(14)20-17)12-4-2-1-3-5-12/h1-7,10,16,19H,8-9,11H2,(H,20,22)/t16-/m0/s1. The van der Waals surface area contributed by atoms with Crippen LogP contribution >= 0.6 is 0 Å². The number of carbonyl (C=O) groups excluding carboxylic acids is 2. The molecule has 2 aromatic rings. The number of carbonyl (C=O) groups is 2. The quantitative estimate of drug-likeness (QED) is 0.843. The molecule has 2 aliphatic heterocycles. The van der Waals surface area contributed by atoms with Gasteiger partial charge >= 0.3 is 0 Å². The third-order valence-corrected chi connectivity index (χ3v) is 4.42.